The van der Waals surface area contributed by atoms with Crippen LogP contribution in [0, 0.1) is 0 Å². The first-order valence-electron chi connectivity index (χ1n) is 2.29. The van der Waals surface area contributed by atoms with Gasteiger partial charge in [0.15, 0.2) is 5.88 Å². The summed E-state index contributed by atoms with van der Waals surface area (Å²) in [6.07, 6.45) is 1.40. The molecule has 0 aromatic heterocycles. The van der Waals surface area contributed by atoms with E-state index < -0.39 is 0 Å². The Morgan fingerprint density at radius 1 is 1.75 bits per heavy atom. The third-order valence-corrected chi connectivity index (χ3v) is 0.578. The van der Waals surface area contributed by atoms with E-state index in [4.69, 9.17) is 5.11 Å². The van der Waals surface area contributed by atoms with Crippen LogP contribution in [0.2, 0.25) is 0 Å². The molecule has 3 nitrogen and oxygen atoms in total. The molecule has 0 aliphatic rings. The highest BCUT2D eigenvalue weighted by Gasteiger charge is 1.89. The van der Waals surface area contributed by atoms with Crippen molar-refractivity contribution in [3.05, 3.63) is 12.0 Å². The van der Waals surface area contributed by atoms with E-state index in [1.807, 2.05) is 0 Å². The SMILES string of the molecule is C/C=C(\O)NC(C)=O. The van der Waals surface area contributed by atoms with E-state index in [-0.39, 0.29) is 11.8 Å². The third-order valence-electron chi connectivity index (χ3n) is 0.578. The molecule has 0 saturated heterocycles. The zero-order chi connectivity index (χ0) is 6.57. The minimum Gasteiger partial charge on any atom is -0.495 e. The fourth-order valence-corrected chi connectivity index (χ4v) is 0.253. The van der Waals surface area contributed by atoms with Gasteiger partial charge in [0.05, 0.1) is 0 Å². The molecule has 0 radical (unpaired) electrons. The predicted octanol–water partition coefficient (Wildman–Crippen LogP) is 0.542. The predicted molar refractivity (Wildman–Crippen MR) is 30.2 cm³/mol. The summed E-state index contributed by atoms with van der Waals surface area (Å²) in [4.78, 5) is 10.1. The molecule has 0 aromatic carbocycles. The summed E-state index contributed by atoms with van der Waals surface area (Å²) in [6, 6.07) is 0. The van der Waals surface area contributed by atoms with Gasteiger partial charge in [-0.25, -0.2) is 0 Å². The molecule has 1 amide bonds. The molecule has 0 rings (SSSR count). The molecule has 0 aliphatic carbocycles. The van der Waals surface area contributed by atoms with Crippen LogP contribution < -0.4 is 5.32 Å². The van der Waals surface area contributed by atoms with E-state index in [1.165, 1.54) is 13.0 Å². The maximum absolute atomic E-state index is 10.1. The molecule has 0 atom stereocenters. The Balaban J connectivity index is 3.56. The van der Waals surface area contributed by atoms with E-state index in [9.17, 15) is 4.79 Å². The molecule has 2 N–H and O–H groups in total. The zero-order valence-electron chi connectivity index (χ0n) is 4.93. The number of amides is 1. The molecule has 0 fully saturated rings. The highest BCUT2D eigenvalue weighted by Crippen LogP contribution is 1.77. The number of nitrogens with one attached hydrogen (secondary N) is 1. The van der Waals surface area contributed by atoms with Crippen molar-refractivity contribution in [3.8, 4) is 0 Å². The van der Waals surface area contributed by atoms with Gasteiger partial charge in [0.25, 0.3) is 0 Å². The van der Waals surface area contributed by atoms with Crippen LogP contribution in [-0.2, 0) is 4.79 Å². The molecule has 0 aromatic rings. The van der Waals surface area contributed by atoms with Gasteiger partial charge >= 0.3 is 0 Å². The Labute approximate surface area is 48.0 Å². The average Bonchev–Trinajstić information content (AvgIpc) is 1.65. The lowest BCUT2D eigenvalue weighted by Crippen LogP contribution is -2.18. The topological polar surface area (TPSA) is 49.3 Å². The number of hydrogen-bond donors (Lipinski definition) is 2. The van der Waals surface area contributed by atoms with Crippen LogP contribution in [0.25, 0.3) is 0 Å². The maximum Gasteiger partial charge on any atom is 0.223 e. The first kappa shape index (κ1) is 7.01. The fourth-order valence-electron chi connectivity index (χ4n) is 0.253. The molecule has 0 bridgehead atoms. The van der Waals surface area contributed by atoms with Gasteiger partial charge in [-0.3, -0.25) is 10.1 Å². The van der Waals surface area contributed by atoms with Gasteiger partial charge in [0.2, 0.25) is 5.91 Å². The van der Waals surface area contributed by atoms with Gasteiger partial charge in [0.1, 0.15) is 0 Å². The highest BCUT2D eigenvalue weighted by atomic mass is 16.3. The van der Waals surface area contributed by atoms with Crippen molar-refractivity contribution in [3.63, 3.8) is 0 Å². The Bertz CT molecular complexity index is 118. The molecule has 0 heterocycles. The van der Waals surface area contributed by atoms with E-state index in [0.29, 0.717) is 0 Å². The van der Waals surface area contributed by atoms with Crippen LogP contribution >= 0.6 is 0 Å². The van der Waals surface area contributed by atoms with Crippen molar-refractivity contribution in [2.75, 3.05) is 0 Å². The fraction of sp³-hybridized carbons (Fsp3) is 0.400. The van der Waals surface area contributed by atoms with Crippen LogP contribution in [0.3, 0.4) is 0 Å². The molecule has 0 aliphatic heterocycles. The van der Waals surface area contributed by atoms with Crippen LogP contribution in [0.4, 0.5) is 0 Å². The Kier molecular flexibility index (Phi) is 2.69. The van der Waals surface area contributed by atoms with Crippen LogP contribution in [0.1, 0.15) is 13.8 Å². The average molecular weight is 115 g/mol. The summed E-state index contributed by atoms with van der Waals surface area (Å²) in [6.45, 7) is 2.96. The first-order chi connectivity index (χ1) is 3.66. The zero-order valence-corrected chi connectivity index (χ0v) is 4.93. The van der Waals surface area contributed by atoms with Gasteiger partial charge < -0.3 is 5.11 Å². The van der Waals surface area contributed by atoms with Gasteiger partial charge in [-0.15, -0.1) is 0 Å². The minimum atomic E-state index is -0.263. The van der Waals surface area contributed by atoms with Crippen molar-refractivity contribution in [1.29, 1.82) is 0 Å². The number of aliphatic hydroxyl groups excluding tert-OH is 1. The van der Waals surface area contributed by atoms with Crippen molar-refractivity contribution >= 4 is 5.91 Å². The lowest BCUT2D eigenvalue weighted by atomic mass is 10.6. The number of carbonyl (C=O) groups excluding carboxylic acids is 1. The van der Waals surface area contributed by atoms with Crippen molar-refractivity contribution in [1.82, 2.24) is 5.32 Å². The van der Waals surface area contributed by atoms with Crippen LogP contribution in [0.5, 0.6) is 0 Å². The lowest BCUT2D eigenvalue weighted by Gasteiger charge is -1.95. The van der Waals surface area contributed by atoms with Crippen molar-refractivity contribution in [2.24, 2.45) is 0 Å². The summed E-state index contributed by atoms with van der Waals surface area (Å²) in [5.74, 6) is -0.363. The second-order valence-electron chi connectivity index (χ2n) is 1.36. The third kappa shape index (κ3) is 3.21. The lowest BCUT2D eigenvalue weighted by molar-refractivity contribution is -0.118. The van der Waals surface area contributed by atoms with Crippen molar-refractivity contribution < 1.29 is 9.90 Å². The molecular weight excluding hydrogens is 106 g/mol. The quantitative estimate of drug-likeness (QED) is 0.490. The second kappa shape index (κ2) is 3.07. The number of aliphatic hydroxyl groups is 1. The standard InChI is InChI=1S/C5H9NO2/c1-3-5(8)6-4(2)7/h3,8H,1-2H3,(H,6,7)/b5-3-. The summed E-state index contributed by atoms with van der Waals surface area (Å²) in [7, 11) is 0. The summed E-state index contributed by atoms with van der Waals surface area (Å²) in [5, 5.41) is 10.7. The molecule has 0 unspecified atom stereocenters. The summed E-state index contributed by atoms with van der Waals surface area (Å²) in [5.41, 5.74) is 0. The van der Waals surface area contributed by atoms with Gasteiger partial charge in [0, 0.05) is 6.92 Å². The largest absolute Gasteiger partial charge is 0.495 e. The Morgan fingerprint density at radius 2 is 2.25 bits per heavy atom. The van der Waals surface area contributed by atoms with Gasteiger partial charge in [-0.1, -0.05) is 0 Å². The first-order valence-corrected chi connectivity index (χ1v) is 2.29. The monoisotopic (exact) mass is 115 g/mol. The highest BCUT2D eigenvalue weighted by molar-refractivity contribution is 5.74. The Hall–Kier alpha value is -0.990. The normalized spacial score (nSPS) is 11.0. The van der Waals surface area contributed by atoms with E-state index in [0.717, 1.165) is 0 Å². The molecule has 3 heteroatoms. The van der Waals surface area contributed by atoms with Crippen LogP contribution in [0.15, 0.2) is 12.0 Å². The second-order valence-corrected chi connectivity index (χ2v) is 1.36. The summed E-state index contributed by atoms with van der Waals surface area (Å²) < 4.78 is 0. The molecule has 0 spiro atoms. The smallest absolute Gasteiger partial charge is 0.223 e. The summed E-state index contributed by atoms with van der Waals surface area (Å²) >= 11 is 0. The minimum absolute atomic E-state index is 0.0995. The molecule has 0 saturated carbocycles. The Morgan fingerprint density at radius 3 is 2.38 bits per heavy atom. The molecule has 46 valence electrons. The number of rotatable bonds is 1. The van der Waals surface area contributed by atoms with Crippen LogP contribution in [-0.4, -0.2) is 11.0 Å². The van der Waals surface area contributed by atoms with Gasteiger partial charge in [-0.2, -0.15) is 0 Å². The van der Waals surface area contributed by atoms with Gasteiger partial charge in [-0.05, 0) is 13.0 Å². The number of hydrogen-bond acceptors (Lipinski definition) is 2. The molecule has 8 heavy (non-hydrogen) atoms. The van der Waals surface area contributed by atoms with Crippen molar-refractivity contribution in [2.45, 2.75) is 13.8 Å². The van der Waals surface area contributed by atoms with E-state index in [1.54, 1.807) is 6.92 Å². The van der Waals surface area contributed by atoms with E-state index >= 15 is 0 Å². The molecular formula is C5H9NO2. The number of carbonyl (C=O) groups is 1. The maximum atomic E-state index is 10.1. The number of allylic oxidation sites excluding steroid dienone is 1. The van der Waals surface area contributed by atoms with E-state index in [2.05, 4.69) is 5.32 Å².